The molecule has 1 unspecified atom stereocenters. The Labute approximate surface area is 106 Å². The summed E-state index contributed by atoms with van der Waals surface area (Å²) >= 11 is 6.27. The Balaban J connectivity index is 1.92. The van der Waals surface area contributed by atoms with E-state index in [9.17, 15) is 0 Å². The average molecular weight is 248 g/mol. The van der Waals surface area contributed by atoms with Crippen LogP contribution in [0, 0.1) is 6.92 Å². The maximum atomic E-state index is 6.27. The van der Waals surface area contributed by atoms with Gasteiger partial charge in [0.25, 0.3) is 0 Å². The van der Waals surface area contributed by atoms with Crippen LogP contribution in [0.15, 0.2) is 42.7 Å². The largest absolute Gasteiger partial charge is 0.352 e. The fourth-order valence-corrected chi connectivity index (χ4v) is 1.67. The van der Waals surface area contributed by atoms with Crippen molar-refractivity contribution in [3.05, 3.63) is 53.9 Å². The molecule has 1 atom stereocenters. The highest BCUT2D eigenvalue weighted by atomic mass is 35.5. The Kier molecular flexibility index (Phi) is 3.94. The molecule has 0 amide bonds. The van der Waals surface area contributed by atoms with Gasteiger partial charge in [-0.3, -0.25) is 0 Å². The van der Waals surface area contributed by atoms with Gasteiger partial charge in [-0.15, -0.1) is 11.6 Å². The van der Waals surface area contributed by atoms with Gasteiger partial charge in [0.1, 0.15) is 0 Å². The van der Waals surface area contributed by atoms with Gasteiger partial charge in [-0.05, 0) is 18.1 Å². The zero-order valence-electron chi connectivity index (χ0n) is 9.60. The van der Waals surface area contributed by atoms with E-state index in [2.05, 4.69) is 15.3 Å². The van der Waals surface area contributed by atoms with Crippen LogP contribution < -0.4 is 5.32 Å². The van der Waals surface area contributed by atoms with Gasteiger partial charge in [0.2, 0.25) is 5.95 Å². The second-order valence-corrected chi connectivity index (χ2v) is 4.37. The maximum absolute atomic E-state index is 6.27. The molecule has 4 heteroatoms. The van der Waals surface area contributed by atoms with Crippen LogP contribution in [0.1, 0.15) is 16.5 Å². The number of anilines is 1. The number of benzene rings is 1. The van der Waals surface area contributed by atoms with Crippen molar-refractivity contribution in [3.8, 4) is 0 Å². The molecule has 0 fully saturated rings. The molecule has 2 rings (SSSR count). The van der Waals surface area contributed by atoms with E-state index in [1.807, 2.05) is 37.3 Å². The van der Waals surface area contributed by atoms with Crippen molar-refractivity contribution in [1.29, 1.82) is 0 Å². The van der Waals surface area contributed by atoms with Crippen molar-refractivity contribution in [2.24, 2.45) is 0 Å². The predicted octanol–water partition coefficient (Wildman–Crippen LogP) is 3.18. The van der Waals surface area contributed by atoms with E-state index in [1.54, 1.807) is 12.4 Å². The standard InChI is InChI=1S/C13H14ClN3/c1-10-7-15-13(16-8-10)17-9-12(14)11-5-3-2-4-6-11/h2-8,12H,9H2,1H3,(H,15,16,17). The number of hydrogen-bond acceptors (Lipinski definition) is 3. The summed E-state index contributed by atoms with van der Waals surface area (Å²) in [4.78, 5) is 8.33. The third kappa shape index (κ3) is 3.43. The number of hydrogen-bond donors (Lipinski definition) is 1. The van der Waals surface area contributed by atoms with E-state index in [0.717, 1.165) is 11.1 Å². The number of rotatable bonds is 4. The predicted molar refractivity (Wildman–Crippen MR) is 70.3 cm³/mol. The molecule has 0 aliphatic rings. The van der Waals surface area contributed by atoms with Gasteiger partial charge in [-0.1, -0.05) is 30.3 Å². The normalized spacial score (nSPS) is 12.1. The number of aromatic nitrogens is 2. The molecule has 1 heterocycles. The molecule has 0 aliphatic heterocycles. The summed E-state index contributed by atoms with van der Waals surface area (Å²) in [5, 5.41) is 3.03. The summed E-state index contributed by atoms with van der Waals surface area (Å²) in [5.74, 6) is 0.609. The van der Waals surface area contributed by atoms with Crippen molar-refractivity contribution < 1.29 is 0 Å². The van der Waals surface area contributed by atoms with Gasteiger partial charge in [-0.2, -0.15) is 0 Å². The quantitative estimate of drug-likeness (QED) is 0.844. The minimum atomic E-state index is -0.0823. The molecule has 88 valence electrons. The molecule has 3 nitrogen and oxygen atoms in total. The number of alkyl halides is 1. The summed E-state index contributed by atoms with van der Waals surface area (Å²) in [5.41, 5.74) is 2.13. The first-order valence-corrected chi connectivity index (χ1v) is 5.91. The highest BCUT2D eigenvalue weighted by molar-refractivity contribution is 6.21. The third-order valence-electron chi connectivity index (χ3n) is 2.38. The topological polar surface area (TPSA) is 37.8 Å². The Morgan fingerprint density at radius 1 is 1.18 bits per heavy atom. The Morgan fingerprint density at radius 3 is 2.47 bits per heavy atom. The van der Waals surface area contributed by atoms with E-state index in [1.165, 1.54) is 0 Å². The van der Waals surface area contributed by atoms with Crippen LogP contribution >= 0.6 is 11.6 Å². The molecule has 2 aromatic rings. The van der Waals surface area contributed by atoms with E-state index in [-0.39, 0.29) is 5.38 Å². The highest BCUT2D eigenvalue weighted by Gasteiger charge is 2.07. The van der Waals surface area contributed by atoms with Crippen LogP contribution in [0.3, 0.4) is 0 Å². The van der Waals surface area contributed by atoms with E-state index >= 15 is 0 Å². The lowest BCUT2D eigenvalue weighted by Gasteiger charge is -2.10. The van der Waals surface area contributed by atoms with Gasteiger partial charge in [-0.25, -0.2) is 9.97 Å². The fraction of sp³-hybridized carbons (Fsp3) is 0.231. The first-order chi connectivity index (χ1) is 8.25. The lowest BCUT2D eigenvalue weighted by Crippen LogP contribution is -2.10. The van der Waals surface area contributed by atoms with Crippen molar-refractivity contribution in [1.82, 2.24) is 9.97 Å². The van der Waals surface area contributed by atoms with Crippen LogP contribution in [-0.4, -0.2) is 16.5 Å². The van der Waals surface area contributed by atoms with Gasteiger partial charge in [0, 0.05) is 18.9 Å². The summed E-state index contributed by atoms with van der Waals surface area (Å²) in [7, 11) is 0. The molecule has 0 aliphatic carbocycles. The Morgan fingerprint density at radius 2 is 1.82 bits per heavy atom. The molecule has 1 aromatic heterocycles. The second-order valence-electron chi connectivity index (χ2n) is 3.84. The second kappa shape index (κ2) is 5.64. The molecule has 1 aromatic carbocycles. The molecule has 0 saturated heterocycles. The molecule has 17 heavy (non-hydrogen) atoms. The minimum absolute atomic E-state index is 0.0823. The number of halogens is 1. The minimum Gasteiger partial charge on any atom is -0.352 e. The monoisotopic (exact) mass is 247 g/mol. The van der Waals surface area contributed by atoms with Crippen LogP contribution in [0.25, 0.3) is 0 Å². The summed E-state index contributed by atoms with van der Waals surface area (Å²) in [6.07, 6.45) is 3.56. The third-order valence-corrected chi connectivity index (χ3v) is 2.79. The number of nitrogens with zero attached hydrogens (tertiary/aromatic N) is 2. The van der Waals surface area contributed by atoms with Crippen molar-refractivity contribution >= 4 is 17.5 Å². The highest BCUT2D eigenvalue weighted by Crippen LogP contribution is 2.19. The van der Waals surface area contributed by atoms with Gasteiger partial charge in [0.05, 0.1) is 5.38 Å². The van der Waals surface area contributed by atoms with Crippen LogP contribution in [-0.2, 0) is 0 Å². The molecule has 0 radical (unpaired) electrons. The Hall–Kier alpha value is -1.61. The molecule has 0 spiro atoms. The summed E-state index contributed by atoms with van der Waals surface area (Å²) in [6, 6.07) is 9.95. The average Bonchev–Trinajstić information content (AvgIpc) is 2.39. The SMILES string of the molecule is Cc1cnc(NCC(Cl)c2ccccc2)nc1. The van der Waals surface area contributed by atoms with E-state index in [0.29, 0.717) is 12.5 Å². The van der Waals surface area contributed by atoms with E-state index in [4.69, 9.17) is 11.6 Å². The van der Waals surface area contributed by atoms with Crippen LogP contribution in [0.4, 0.5) is 5.95 Å². The molecule has 0 bridgehead atoms. The van der Waals surface area contributed by atoms with Gasteiger partial charge < -0.3 is 5.32 Å². The smallest absolute Gasteiger partial charge is 0.222 e. The first kappa shape index (κ1) is 11.9. The molecule has 0 saturated carbocycles. The summed E-state index contributed by atoms with van der Waals surface area (Å²) < 4.78 is 0. The van der Waals surface area contributed by atoms with Crippen LogP contribution in [0.5, 0.6) is 0 Å². The fourth-order valence-electron chi connectivity index (χ4n) is 1.44. The molecular weight excluding hydrogens is 234 g/mol. The maximum Gasteiger partial charge on any atom is 0.222 e. The van der Waals surface area contributed by atoms with Gasteiger partial charge >= 0.3 is 0 Å². The lowest BCUT2D eigenvalue weighted by atomic mass is 10.1. The van der Waals surface area contributed by atoms with Gasteiger partial charge in [0.15, 0.2) is 0 Å². The molecule has 1 N–H and O–H groups in total. The van der Waals surface area contributed by atoms with Crippen molar-refractivity contribution in [3.63, 3.8) is 0 Å². The molecular formula is C13H14ClN3. The summed E-state index contributed by atoms with van der Waals surface area (Å²) in [6.45, 7) is 2.56. The first-order valence-electron chi connectivity index (χ1n) is 5.47. The van der Waals surface area contributed by atoms with Crippen molar-refractivity contribution in [2.45, 2.75) is 12.3 Å². The van der Waals surface area contributed by atoms with Crippen molar-refractivity contribution in [2.75, 3.05) is 11.9 Å². The zero-order chi connectivity index (χ0) is 12.1. The Bertz CT molecular complexity index is 456. The van der Waals surface area contributed by atoms with E-state index < -0.39 is 0 Å². The zero-order valence-corrected chi connectivity index (χ0v) is 10.4. The number of aryl methyl sites for hydroxylation is 1. The van der Waals surface area contributed by atoms with Crippen LogP contribution in [0.2, 0.25) is 0 Å². The lowest BCUT2D eigenvalue weighted by molar-refractivity contribution is 0.948. The number of nitrogens with one attached hydrogen (secondary N) is 1.